The Morgan fingerprint density at radius 3 is 2.73 bits per heavy atom. The van der Waals surface area contributed by atoms with Crippen molar-refractivity contribution in [2.45, 2.75) is 6.92 Å². The van der Waals surface area contributed by atoms with Crippen LogP contribution in [0.25, 0.3) is 10.6 Å². The SMILES string of the molecule is Cc1c(NC(=O)c2c(Cl)nc3sccn23)c(=O)n(-c2ccccc2)n1C. The van der Waals surface area contributed by atoms with E-state index in [1.807, 2.05) is 35.7 Å². The summed E-state index contributed by atoms with van der Waals surface area (Å²) >= 11 is 7.48. The van der Waals surface area contributed by atoms with E-state index in [9.17, 15) is 9.59 Å². The maximum absolute atomic E-state index is 12.9. The Hall–Kier alpha value is -2.84. The molecule has 4 rings (SSSR count). The molecule has 0 radical (unpaired) electrons. The molecule has 0 aliphatic rings. The Morgan fingerprint density at radius 2 is 2.00 bits per heavy atom. The van der Waals surface area contributed by atoms with Gasteiger partial charge in [-0.05, 0) is 19.1 Å². The molecule has 1 aromatic carbocycles. The van der Waals surface area contributed by atoms with Crippen LogP contribution >= 0.6 is 22.9 Å². The number of carbonyl (C=O) groups is 1. The highest BCUT2D eigenvalue weighted by atomic mass is 35.5. The maximum atomic E-state index is 12.9. The fraction of sp³-hybridized carbons (Fsp3) is 0.118. The van der Waals surface area contributed by atoms with Gasteiger partial charge in [-0.25, -0.2) is 9.67 Å². The number of rotatable bonds is 3. The third-order valence-corrected chi connectivity index (χ3v) is 5.25. The van der Waals surface area contributed by atoms with Crippen molar-refractivity contribution in [1.82, 2.24) is 18.7 Å². The van der Waals surface area contributed by atoms with E-state index in [1.54, 1.807) is 29.3 Å². The van der Waals surface area contributed by atoms with Crippen LogP contribution in [0.4, 0.5) is 5.69 Å². The summed E-state index contributed by atoms with van der Waals surface area (Å²) in [5.41, 5.74) is 1.45. The summed E-state index contributed by atoms with van der Waals surface area (Å²) in [5, 5.41) is 4.62. The van der Waals surface area contributed by atoms with Gasteiger partial charge in [-0.3, -0.25) is 18.7 Å². The van der Waals surface area contributed by atoms with Gasteiger partial charge in [0.25, 0.3) is 11.5 Å². The van der Waals surface area contributed by atoms with Crippen LogP contribution in [0.5, 0.6) is 0 Å². The van der Waals surface area contributed by atoms with Crippen molar-refractivity contribution >= 4 is 39.5 Å². The van der Waals surface area contributed by atoms with Crippen molar-refractivity contribution in [3.63, 3.8) is 0 Å². The van der Waals surface area contributed by atoms with E-state index < -0.39 is 5.91 Å². The van der Waals surface area contributed by atoms with Gasteiger partial charge in [0, 0.05) is 18.6 Å². The van der Waals surface area contributed by atoms with Crippen LogP contribution in [-0.4, -0.2) is 24.7 Å². The van der Waals surface area contributed by atoms with E-state index >= 15 is 0 Å². The van der Waals surface area contributed by atoms with Crippen LogP contribution < -0.4 is 10.9 Å². The Bertz CT molecular complexity index is 1190. The molecule has 26 heavy (non-hydrogen) atoms. The fourth-order valence-electron chi connectivity index (χ4n) is 2.85. The Balaban J connectivity index is 1.78. The normalized spacial score (nSPS) is 11.2. The topological polar surface area (TPSA) is 73.3 Å². The molecule has 0 aliphatic heterocycles. The number of anilines is 1. The standard InChI is InChI=1S/C17H14ClN5O2S/c1-10-12(16(25)23(21(10)2)11-6-4-3-5-7-11)19-15(24)13-14(18)20-17-22(13)8-9-26-17/h3-9H,1-2H3,(H,19,24). The number of thiazole rings is 1. The van der Waals surface area contributed by atoms with Gasteiger partial charge in [0.05, 0.1) is 11.4 Å². The minimum Gasteiger partial charge on any atom is -0.314 e. The molecule has 3 heterocycles. The number of imidazole rings is 1. The molecule has 9 heteroatoms. The minimum absolute atomic E-state index is 0.103. The second kappa shape index (κ2) is 6.15. The summed E-state index contributed by atoms with van der Waals surface area (Å²) in [6.45, 7) is 1.77. The molecule has 0 spiro atoms. The zero-order valence-corrected chi connectivity index (χ0v) is 15.5. The van der Waals surface area contributed by atoms with Gasteiger partial charge in [0.2, 0.25) is 0 Å². The highest BCUT2D eigenvalue weighted by Crippen LogP contribution is 2.23. The number of halogens is 1. The fourth-order valence-corrected chi connectivity index (χ4v) is 3.87. The summed E-state index contributed by atoms with van der Waals surface area (Å²) < 4.78 is 4.81. The zero-order valence-electron chi connectivity index (χ0n) is 13.9. The van der Waals surface area contributed by atoms with Crippen molar-refractivity contribution in [2.24, 2.45) is 7.05 Å². The summed E-state index contributed by atoms with van der Waals surface area (Å²) in [7, 11) is 1.77. The lowest BCUT2D eigenvalue weighted by Crippen LogP contribution is -2.23. The number of nitrogens with zero attached hydrogens (tertiary/aromatic N) is 4. The average molecular weight is 388 g/mol. The molecule has 4 aromatic rings. The third-order valence-electron chi connectivity index (χ3n) is 4.23. The van der Waals surface area contributed by atoms with E-state index in [0.29, 0.717) is 16.3 Å². The van der Waals surface area contributed by atoms with E-state index in [4.69, 9.17) is 11.6 Å². The summed E-state index contributed by atoms with van der Waals surface area (Å²) in [6.07, 6.45) is 1.72. The number of fused-ring (bicyclic) bond motifs is 1. The van der Waals surface area contributed by atoms with E-state index in [1.165, 1.54) is 16.0 Å². The quantitative estimate of drug-likeness (QED) is 0.587. The number of carbonyl (C=O) groups excluding carboxylic acids is 1. The molecule has 3 aromatic heterocycles. The molecule has 132 valence electrons. The predicted molar refractivity (Wildman–Crippen MR) is 102 cm³/mol. The number of benzene rings is 1. The molecule has 1 N–H and O–H groups in total. The second-order valence-corrected chi connectivity index (χ2v) is 6.93. The lowest BCUT2D eigenvalue weighted by molar-refractivity contribution is 0.102. The Morgan fingerprint density at radius 1 is 1.27 bits per heavy atom. The van der Waals surface area contributed by atoms with Crippen molar-refractivity contribution < 1.29 is 4.79 Å². The third kappa shape index (κ3) is 2.46. The maximum Gasteiger partial charge on any atom is 0.295 e. The van der Waals surface area contributed by atoms with Crippen molar-refractivity contribution in [3.05, 3.63) is 68.8 Å². The molecule has 0 saturated heterocycles. The van der Waals surface area contributed by atoms with E-state index in [-0.39, 0.29) is 22.1 Å². The van der Waals surface area contributed by atoms with Crippen LogP contribution in [0.1, 0.15) is 16.2 Å². The van der Waals surface area contributed by atoms with Gasteiger partial charge in [-0.2, -0.15) is 0 Å². The number of aromatic nitrogens is 4. The number of nitrogens with one attached hydrogen (secondary N) is 1. The molecule has 0 fully saturated rings. The van der Waals surface area contributed by atoms with Crippen molar-refractivity contribution in [3.8, 4) is 5.69 Å². The first-order chi connectivity index (χ1) is 12.5. The van der Waals surface area contributed by atoms with Gasteiger partial charge >= 0.3 is 0 Å². The monoisotopic (exact) mass is 387 g/mol. The van der Waals surface area contributed by atoms with Crippen LogP contribution in [0.3, 0.4) is 0 Å². The van der Waals surface area contributed by atoms with E-state index in [0.717, 1.165) is 0 Å². The molecule has 1 amide bonds. The molecule has 7 nitrogen and oxygen atoms in total. The highest BCUT2D eigenvalue weighted by Gasteiger charge is 2.23. The molecule has 0 aliphatic carbocycles. The average Bonchev–Trinajstić information content (AvgIpc) is 3.24. The van der Waals surface area contributed by atoms with Gasteiger partial charge in [0.1, 0.15) is 5.69 Å². The molecule has 0 unspecified atom stereocenters. The number of amides is 1. The van der Waals surface area contributed by atoms with Crippen molar-refractivity contribution in [2.75, 3.05) is 5.32 Å². The molecule has 0 saturated carbocycles. The zero-order chi connectivity index (χ0) is 18.4. The first-order valence-electron chi connectivity index (χ1n) is 7.75. The summed E-state index contributed by atoms with van der Waals surface area (Å²) in [5.74, 6) is -0.480. The van der Waals surface area contributed by atoms with Gasteiger partial charge in [-0.1, -0.05) is 29.8 Å². The second-order valence-electron chi connectivity index (χ2n) is 5.70. The van der Waals surface area contributed by atoms with Gasteiger partial charge in [0.15, 0.2) is 15.8 Å². The summed E-state index contributed by atoms with van der Waals surface area (Å²) in [6, 6.07) is 9.23. The first-order valence-corrected chi connectivity index (χ1v) is 9.01. The number of hydrogen-bond acceptors (Lipinski definition) is 4. The first kappa shape index (κ1) is 16.6. The number of para-hydroxylation sites is 1. The van der Waals surface area contributed by atoms with Crippen LogP contribution in [0.15, 0.2) is 46.7 Å². The van der Waals surface area contributed by atoms with E-state index in [2.05, 4.69) is 10.3 Å². The predicted octanol–water partition coefficient (Wildman–Crippen LogP) is 3.10. The molecule has 0 atom stereocenters. The molecular weight excluding hydrogens is 374 g/mol. The highest BCUT2D eigenvalue weighted by molar-refractivity contribution is 7.15. The number of hydrogen-bond donors (Lipinski definition) is 1. The lowest BCUT2D eigenvalue weighted by Gasteiger charge is -2.07. The Labute approximate surface area is 157 Å². The summed E-state index contributed by atoms with van der Waals surface area (Å²) in [4.78, 5) is 30.4. The smallest absolute Gasteiger partial charge is 0.295 e. The molecular formula is C17H14ClN5O2S. The van der Waals surface area contributed by atoms with Gasteiger partial charge < -0.3 is 5.32 Å². The lowest BCUT2D eigenvalue weighted by atomic mass is 10.3. The van der Waals surface area contributed by atoms with Crippen LogP contribution in [0.2, 0.25) is 5.15 Å². The van der Waals surface area contributed by atoms with Crippen LogP contribution in [-0.2, 0) is 7.05 Å². The van der Waals surface area contributed by atoms with Crippen LogP contribution in [0, 0.1) is 6.92 Å². The van der Waals surface area contributed by atoms with Gasteiger partial charge in [-0.15, -0.1) is 11.3 Å². The molecule has 0 bridgehead atoms. The minimum atomic E-state index is -0.480. The largest absolute Gasteiger partial charge is 0.314 e. The van der Waals surface area contributed by atoms with Crippen molar-refractivity contribution in [1.29, 1.82) is 0 Å². The Kier molecular flexibility index (Phi) is 3.93.